The van der Waals surface area contributed by atoms with E-state index in [9.17, 15) is 14.9 Å². The summed E-state index contributed by atoms with van der Waals surface area (Å²) in [6.45, 7) is 9.09. The topological polar surface area (TPSA) is 88.9 Å². The van der Waals surface area contributed by atoms with E-state index in [0.29, 0.717) is 47.3 Å². The molecule has 1 aromatic carbocycles. The average molecular weight is 427 g/mol. The Hall–Kier alpha value is -3.11. The second kappa shape index (κ2) is 11.3. The third-order valence-electron chi connectivity index (χ3n) is 4.88. The van der Waals surface area contributed by atoms with Crippen LogP contribution in [0.15, 0.2) is 34.9 Å². The number of carbonyl (C=O) groups is 2. The monoisotopic (exact) mass is 426 g/mol. The Kier molecular flexibility index (Phi) is 8.83. The number of hydrogen-bond donors (Lipinski definition) is 0. The van der Waals surface area contributed by atoms with Gasteiger partial charge in [0, 0.05) is 12.7 Å². The predicted octanol–water partition coefficient (Wildman–Crippen LogP) is 3.75. The molecule has 0 fully saturated rings. The van der Waals surface area contributed by atoms with Crippen LogP contribution in [0.2, 0.25) is 0 Å². The van der Waals surface area contributed by atoms with E-state index >= 15 is 0 Å². The Bertz CT molecular complexity index is 924. The summed E-state index contributed by atoms with van der Waals surface area (Å²) in [4.78, 5) is 26.6. The second-order valence-electron chi connectivity index (χ2n) is 7.59. The van der Waals surface area contributed by atoms with Crippen LogP contribution in [0.1, 0.15) is 39.7 Å². The summed E-state index contributed by atoms with van der Waals surface area (Å²) >= 11 is 0. The normalized spacial score (nSPS) is 15.6. The molecule has 7 heteroatoms. The predicted molar refractivity (Wildman–Crippen MR) is 117 cm³/mol. The maximum absolute atomic E-state index is 13.0. The lowest BCUT2D eigenvalue weighted by Crippen LogP contribution is -2.44. The van der Waals surface area contributed by atoms with Crippen LogP contribution in [-0.2, 0) is 14.3 Å². The first-order valence-corrected chi connectivity index (χ1v) is 10.4. The van der Waals surface area contributed by atoms with Crippen LogP contribution in [0.25, 0.3) is 6.08 Å². The molecule has 31 heavy (non-hydrogen) atoms. The standard InChI is InChI=1S/C24H30N2O5/c1-6-30-22-14-18(7-8-21(22)31-11-9-16(2)3)13-19-17(4)20(15-25)24(28)26(23(19)27)10-12-29-5/h7-8,13-14,16H,6,9-12H2,1-5H3/b19-13+. The Labute approximate surface area is 183 Å². The first-order chi connectivity index (χ1) is 14.8. The molecule has 0 N–H and O–H groups in total. The van der Waals surface area contributed by atoms with E-state index in [0.717, 1.165) is 11.3 Å². The summed E-state index contributed by atoms with van der Waals surface area (Å²) in [6.07, 6.45) is 2.60. The largest absolute Gasteiger partial charge is 0.490 e. The molecule has 0 saturated carbocycles. The Balaban J connectivity index is 2.42. The van der Waals surface area contributed by atoms with Crippen LogP contribution in [0, 0.1) is 17.2 Å². The summed E-state index contributed by atoms with van der Waals surface area (Å²) in [6, 6.07) is 7.36. The van der Waals surface area contributed by atoms with Gasteiger partial charge in [-0.15, -0.1) is 0 Å². The number of rotatable bonds is 10. The minimum Gasteiger partial charge on any atom is -0.490 e. The molecule has 2 amide bonds. The van der Waals surface area contributed by atoms with Gasteiger partial charge in [-0.25, -0.2) is 0 Å². The molecule has 1 heterocycles. The minimum atomic E-state index is -0.594. The van der Waals surface area contributed by atoms with Crippen molar-refractivity contribution in [3.05, 3.63) is 40.5 Å². The highest BCUT2D eigenvalue weighted by molar-refractivity contribution is 6.19. The fourth-order valence-corrected chi connectivity index (χ4v) is 3.09. The summed E-state index contributed by atoms with van der Waals surface area (Å²) in [5, 5.41) is 9.46. The van der Waals surface area contributed by atoms with Gasteiger partial charge in [0.2, 0.25) is 0 Å². The van der Waals surface area contributed by atoms with E-state index in [1.54, 1.807) is 19.1 Å². The summed E-state index contributed by atoms with van der Waals surface area (Å²) in [5.41, 5.74) is 1.32. The molecule has 0 radical (unpaired) electrons. The molecular formula is C24H30N2O5. The molecule has 7 nitrogen and oxygen atoms in total. The fourth-order valence-electron chi connectivity index (χ4n) is 3.09. The number of benzene rings is 1. The summed E-state index contributed by atoms with van der Waals surface area (Å²) in [7, 11) is 1.49. The molecule has 1 aromatic rings. The van der Waals surface area contributed by atoms with Crippen molar-refractivity contribution in [2.45, 2.75) is 34.1 Å². The van der Waals surface area contributed by atoms with Crippen molar-refractivity contribution in [1.29, 1.82) is 5.26 Å². The molecule has 166 valence electrons. The molecule has 0 atom stereocenters. The maximum atomic E-state index is 13.0. The number of nitrogens with zero attached hydrogens (tertiary/aromatic N) is 2. The maximum Gasteiger partial charge on any atom is 0.271 e. The second-order valence-corrected chi connectivity index (χ2v) is 7.59. The van der Waals surface area contributed by atoms with Gasteiger partial charge >= 0.3 is 0 Å². The third kappa shape index (κ3) is 5.96. The van der Waals surface area contributed by atoms with Gasteiger partial charge in [-0.3, -0.25) is 14.5 Å². The summed E-state index contributed by atoms with van der Waals surface area (Å²) < 4.78 is 16.6. The SMILES string of the molecule is CCOc1cc(/C=C2/C(=O)N(CCOC)C(=O)C(C#N)=C2C)ccc1OCCC(C)C. The molecular weight excluding hydrogens is 396 g/mol. The van der Waals surface area contributed by atoms with Gasteiger partial charge in [0.05, 0.1) is 26.4 Å². The Morgan fingerprint density at radius 3 is 2.48 bits per heavy atom. The zero-order chi connectivity index (χ0) is 23.0. The third-order valence-corrected chi connectivity index (χ3v) is 4.88. The van der Waals surface area contributed by atoms with Crippen LogP contribution in [-0.4, -0.2) is 50.2 Å². The van der Waals surface area contributed by atoms with Crippen molar-refractivity contribution >= 4 is 17.9 Å². The lowest BCUT2D eigenvalue weighted by molar-refractivity contribution is -0.141. The molecule has 0 aromatic heterocycles. The van der Waals surface area contributed by atoms with Crippen molar-refractivity contribution < 1.29 is 23.8 Å². The van der Waals surface area contributed by atoms with Crippen LogP contribution in [0.5, 0.6) is 11.5 Å². The van der Waals surface area contributed by atoms with Gasteiger partial charge in [-0.1, -0.05) is 19.9 Å². The highest BCUT2D eigenvalue weighted by atomic mass is 16.5. The zero-order valence-corrected chi connectivity index (χ0v) is 18.9. The van der Waals surface area contributed by atoms with Gasteiger partial charge in [-0.05, 0) is 55.5 Å². The van der Waals surface area contributed by atoms with Gasteiger partial charge in [0.25, 0.3) is 11.8 Å². The zero-order valence-electron chi connectivity index (χ0n) is 18.9. The van der Waals surface area contributed by atoms with Gasteiger partial charge < -0.3 is 14.2 Å². The van der Waals surface area contributed by atoms with E-state index in [2.05, 4.69) is 13.8 Å². The van der Waals surface area contributed by atoms with Crippen molar-refractivity contribution in [2.24, 2.45) is 5.92 Å². The molecule has 0 bridgehead atoms. The van der Waals surface area contributed by atoms with Crippen molar-refractivity contribution in [3.63, 3.8) is 0 Å². The Morgan fingerprint density at radius 1 is 1.13 bits per heavy atom. The van der Waals surface area contributed by atoms with Crippen molar-refractivity contribution in [3.8, 4) is 17.6 Å². The van der Waals surface area contributed by atoms with Crippen molar-refractivity contribution in [2.75, 3.05) is 33.5 Å². The van der Waals surface area contributed by atoms with E-state index < -0.39 is 11.8 Å². The highest BCUT2D eigenvalue weighted by Crippen LogP contribution is 2.32. The number of methoxy groups -OCH3 is 1. The van der Waals surface area contributed by atoms with Crippen LogP contribution in [0.4, 0.5) is 0 Å². The minimum absolute atomic E-state index is 0.0411. The molecule has 1 aliphatic rings. The molecule has 0 saturated heterocycles. The molecule has 0 aliphatic carbocycles. The lowest BCUT2D eigenvalue weighted by atomic mass is 9.93. The Morgan fingerprint density at radius 2 is 1.87 bits per heavy atom. The molecule has 1 aliphatic heterocycles. The fraction of sp³-hybridized carbons (Fsp3) is 0.458. The first kappa shape index (κ1) is 24.2. The lowest BCUT2D eigenvalue weighted by Gasteiger charge is -2.27. The van der Waals surface area contributed by atoms with E-state index in [4.69, 9.17) is 14.2 Å². The average Bonchev–Trinajstić information content (AvgIpc) is 2.73. The van der Waals surface area contributed by atoms with E-state index in [-0.39, 0.29) is 18.7 Å². The van der Waals surface area contributed by atoms with Crippen LogP contribution in [0.3, 0.4) is 0 Å². The highest BCUT2D eigenvalue weighted by Gasteiger charge is 2.35. The number of carbonyl (C=O) groups excluding carboxylic acids is 2. The molecule has 0 unspecified atom stereocenters. The number of amides is 2. The van der Waals surface area contributed by atoms with E-state index in [1.165, 1.54) is 7.11 Å². The van der Waals surface area contributed by atoms with Gasteiger partial charge in [0.15, 0.2) is 11.5 Å². The first-order valence-electron chi connectivity index (χ1n) is 10.4. The number of ether oxygens (including phenoxy) is 3. The number of nitriles is 1. The summed E-state index contributed by atoms with van der Waals surface area (Å²) in [5.74, 6) is 0.710. The molecule has 2 rings (SSSR count). The smallest absolute Gasteiger partial charge is 0.271 e. The van der Waals surface area contributed by atoms with Crippen LogP contribution >= 0.6 is 0 Å². The number of imide groups is 1. The number of hydrogen-bond acceptors (Lipinski definition) is 6. The molecule has 0 spiro atoms. The van der Waals surface area contributed by atoms with Crippen LogP contribution < -0.4 is 9.47 Å². The van der Waals surface area contributed by atoms with Crippen molar-refractivity contribution in [1.82, 2.24) is 4.90 Å². The van der Waals surface area contributed by atoms with Gasteiger partial charge in [-0.2, -0.15) is 5.26 Å². The quantitative estimate of drug-likeness (QED) is 0.418. The van der Waals surface area contributed by atoms with Gasteiger partial charge in [0.1, 0.15) is 11.6 Å². The van der Waals surface area contributed by atoms with E-state index in [1.807, 2.05) is 25.1 Å².